The summed E-state index contributed by atoms with van der Waals surface area (Å²) in [7, 11) is 0. The molecular weight excluding hydrogens is 228 g/mol. The molecule has 3 heterocycles. The van der Waals surface area contributed by atoms with Gasteiger partial charge < -0.3 is 0 Å². The average molecular weight is 246 g/mol. The van der Waals surface area contributed by atoms with E-state index in [1.54, 1.807) is 6.21 Å². The van der Waals surface area contributed by atoms with Gasteiger partial charge >= 0.3 is 0 Å². The van der Waals surface area contributed by atoms with E-state index in [9.17, 15) is 0 Å². The summed E-state index contributed by atoms with van der Waals surface area (Å²) in [6.45, 7) is 2.72. The summed E-state index contributed by atoms with van der Waals surface area (Å²) in [4.78, 5) is 15.5. The summed E-state index contributed by atoms with van der Waals surface area (Å²) in [5.41, 5.74) is 0. The van der Waals surface area contributed by atoms with E-state index in [4.69, 9.17) is 0 Å². The van der Waals surface area contributed by atoms with Crippen molar-refractivity contribution in [3.05, 3.63) is 12.2 Å². The quantitative estimate of drug-likeness (QED) is 0.586. The zero-order chi connectivity index (χ0) is 12.7. The molecule has 0 aromatic heterocycles. The molecule has 18 heavy (non-hydrogen) atoms. The minimum Gasteiger partial charge on any atom is -0.293 e. The summed E-state index contributed by atoms with van der Waals surface area (Å²) < 4.78 is 0. The normalized spacial score (nSPS) is 18.7. The lowest BCUT2D eigenvalue weighted by molar-refractivity contribution is 0.893. The highest BCUT2D eigenvalue weighted by Crippen LogP contribution is 1.85. The third-order valence-corrected chi connectivity index (χ3v) is 1.92. The Morgan fingerprint density at radius 1 is 0.556 bits per heavy atom. The van der Waals surface area contributed by atoms with Gasteiger partial charge in [-0.25, -0.2) is 0 Å². The molecule has 0 unspecified atom stereocenters. The van der Waals surface area contributed by atoms with Crippen molar-refractivity contribution in [3.8, 4) is 0 Å². The number of rotatable bonds is 0. The Balaban J connectivity index is 0.000000135. The van der Waals surface area contributed by atoms with Gasteiger partial charge in [0.2, 0.25) is 0 Å². The first kappa shape index (κ1) is 14.1. The van der Waals surface area contributed by atoms with Gasteiger partial charge in [0.1, 0.15) is 13.3 Å². The van der Waals surface area contributed by atoms with E-state index in [0.29, 0.717) is 19.9 Å². The molecule has 0 spiro atoms. The van der Waals surface area contributed by atoms with Crippen LogP contribution in [-0.2, 0) is 0 Å². The Hall–Kier alpha value is -1.98. The van der Waals surface area contributed by atoms with Crippen LogP contribution in [0, 0.1) is 0 Å². The van der Waals surface area contributed by atoms with Crippen molar-refractivity contribution >= 4 is 24.9 Å². The van der Waals surface area contributed by atoms with Crippen LogP contribution in [0.25, 0.3) is 0 Å². The van der Waals surface area contributed by atoms with Gasteiger partial charge in [0, 0.05) is 37.7 Å². The Kier molecular flexibility index (Phi) is 9.00. The molecule has 6 nitrogen and oxygen atoms in total. The predicted octanol–water partition coefficient (Wildman–Crippen LogP) is 1.99. The second kappa shape index (κ2) is 11.5. The SMILES string of the molecule is C1=CCN=CC1.C1=NCN=CC1.C1=NCN=NC1. The topological polar surface area (TPSA) is 74.2 Å². The van der Waals surface area contributed by atoms with E-state index in [1.807, 2.05) is 18.6 Å². The minimum absolute atomic E-state index is 0.528. The van der Waals surface area contributed by atoms with E-state index in [0.717, 1.165) is 19.4 Å². The minimum atomic E-state index is 0.528. The summed E-state index contributed by atoms with van der Waals surface area (Å²) in [6.07, 6.45) is 13.6. The van der Waals surface area contributed by atoms with Crippen molar-refractivity contribution in [1.82, 2.24) is 0 Å². The Labute approximate surface area is 107 Å². The van der Waals surface area contributed by atoms with Crippen LogP contribution in [0.15, 0.2) is 42.4 Å². The molecule has 0 saturated heterocycles. The fourth-order valence-corrected chi connectivity index (χ4v) is 1.09. The van der Waals surface area contributed by atoms with E-state index in [1.165, 1.54) is 0 Å². The summed E-state index contributed by atoms with van der Waals surface area (Å²) >= 11 is 0. The maximum atomic E-state index is 3.97. The highest BCUT2D eigenvalue weighted by Gasteiger charge is 1.78. The van der Waals surface area contributed by atoms with E-state index in [2.05, 4.69) is 42.4 Å². The van der Waals surface area contributed by atoms with Gasteiger partial charge in [-0.15, -0.1) is 0 Å². The number of dihydropyridines is 1. The van der Waals surface area contributed by atoms with Gasteiger partial charge in [0.25, 0.3) is 0 Å². The smallest absolute Gasteiger partial charge is 0.149 e. The van der Waals surface area contributed by atoms with Crippen LogP contribution in [0.2, 0.25) is 0 Å². The Morgan fingerprint density at radius 3 is 1.50 bits per heavy atom. The monoisotopic (exact) mass is 246 g/mol. The fourth-order valence-electron chi connectivity index (χ4n) is 1.09. The summed E-state index contributed by atoms with van der Waals surface area (Å²) in [6, 6.07) is 0. The molecule has 0 fully saturated rings. The highest BCUT2D eigenvalue weighted by molar-refractivity contribution is 5.80. The van der Waals surface area contributed by atoms with Gasteiger partial charge in [-0.2, -0.15) is 10.2 Å². The van der Waals surface area contributed by atoms with Gasteiger partial charge in [-0.05, 0) is 0 Å². The van der Waals surface area contributed by atoms with Crippen LogP contribution in [0.3, 0.4) is 0 Å². The third kappa shape index (κ3) is 9.26. The summed E-state index contributed by atoms with van der Waals surface area (Å²) in [5, 5.41) is 7.26. The Bertz CT molecular complexity index is 248. The molecule has 96 valence electrons. The molecule has 0 bridgehead atoms. The molecule has 6 heteroatoms. The van der Waals surface area contributed by atoms with Gasteiger partial charge in [-0.1, -0.05) is 12.2 Å². The van der Waals surface area contributed by atoms with E-state index < -0.39 is 0 Å². The van der Waals surface area contributed by atoms with E-state index >= 15 is 0 Å². The molecule has 0 N–H and O–H groups in total. The molecule has 0 amide bonds. The standard InChI is InChI=1S/C5H7N.C4H6N2.C3H5N3/c1-2-4-6-5-3-1;1-2-5-4-6-3-1;1-2-5-6-3-4-1/h1-2,5H,3-4H2;2-3H,1,4H2;1H,2-3H2. The van der Waals surface area contributed by atoms with Crippen LogP contribution in [-0.4, -0.2) is 51.3 Å². The van der Waals surface area contributed by atoms with Crippen LogP contribution < -0.4 is 0 Å². The second-order valence-electron chi connectivity index (χ2n) is 3.33. The molecule has 0 aliphatic carbocycles. The van der Waals surface area contributed by atoms with Crippen molar-refractivity contribution in [2.45, 2.75) is 12.8 Å². The zero-order valence-electron chi connectivity index (χ0n) is 10.4. The number of hydrogen-bond acceptors (Lipinski definition) is 6. The van der Waals surface area contributed by atoms with Crippen molar-refractivity contribution in [3.63, 3.8) is 0 Å². The molecular formula is C12H18N6. The number of azo groups is 1. The first-order valence-corrected chi connectivity index (χ1v) is 5.91. The highest BCUT2D eigenvalue weighted by atomic mass is 15.2. The van der Waals surface area contributed by atoms with Crippen molar-refractivity contribution in [1.29, 1.82) is 0 Å². The number of aliphatic imine (C=N–C) groups is 4. The molecule has 0 aromatic rings. The summed E-state index contributed by atoms with van der Waals surface area (Å²) in [5.74, 6) is 0. The first-order valence-electron chi connectivity index (χ1n) is 5.91. The lowest BCUT2D eigenvalue weighted by atomic mass is 10.3. The zero-order valence-corrected chi connectivity index (χ0v) is 10.4. The number of hydrogen-bond donors (Lipinski definition) is 0. The van der Waals surface area contributed by atoms with Crippen LogP contribution in [0.1, 0.15) is 12.8 Å². The molecule has 0 aromatic carbocycles. The molecule has 0 radical (unpaired) electrons. The van der Waals surface area contributed by atoms with Crippen molar-refractivity contribution in [2.75, 3.05) is 26.4 Å². The maximum Gasteiger partial charge on any atom is 0.149 e. The fraction of sp³-hybridized carbons (Fsp3) is 0.500. The van der Waals surface area contributed by atoms with Gasteiger partial charge in [-0.3, -0.25) is 20.0 Å². The lowest BCUT2D eigenvalue weighted by Gasteiger charge is -1.88. The first-order chi connectivity index (χ1) is 9.00. The molecule has 3 aliphatic heterocycles. The van der Waals surface area contributed by atoms with Gasteiger partial charge in [0.05, 0.1) is 13.1 Å². The van der Waals surface area contributed by atoms with Crippen molar-refractivity contribution < 1.29 is 0 Å². The molecule has 3 aliphatic rings. The molecule has 0 saturated carbocycles. The van der Waals surface area contributed by atoms with Crippen molar-refractivity contribution in [2.24, 2.45) is 30.2 Å². The van der Waals surface area contributed by atoms with Crippen LogP contribution in [0.4, 0.5) is 0 Å². The lowest BCUT2D eigenvalue weighted by Crippen LogP contribution is -1.87. The van der Waals surface area contributed by atoms with Crippen LogP contribution in [0.5, 0.6) is 0 Å². The number of nitrogens with zero attached hydrogens (tertiary/aromatic N) is 6. The Morgan fingerprint density at radius 2 is 1.33 bits per heavy atom. The third-order valence-electron chi connectivity index (χ3n) is 1.92. The number of allylic oxidation sites excluding steroid dienone is 1. The maximum absolute atomic E-state index is 3.97. The predicted molar refractivity (Wildman–Crippen MR) is 76.7 cm³/mol. The molecule has 3 rings (SSSR count). The average Bonchev–Trinajstić information content (AvgIpc) is 2.54. The van der Waals surface area contributed by atoms with Gasteiger partial charge in [0.15, 0.2) is 0 Å². The van der Waals surface area contributed by atoms with E-state index in [-0.39, 0.29) is 0 Å². The molecule has 0 atom stereocenters. The second-order valence-corrected chi connectivity index (χ2v) is 3.33. The van der Waals surface area contributed by atoms with Crippen LogP contribution >= 0.6 is 0 Å². The largest absolute Gasteiger partial charge is 0.293 e.